The molecule has 0 fully saturated rings. The molecule has 0 atom stereocenters. The van der Waals surface area contributed by atoms with Crippen LogP contribution >= 0.6 is 24.0 Å². The number of halogens is 3. The van der Waals surface area contributed by atoms with Gasteiger partial charge >= 0.3 is 6.61 Å². The average Bonchev–Trinajstić information content (AvgIpc) is 2.68. The van der Waals surface area contributed by atoms with E-state index in [-0.39, 0.29) is 36.3 Å². The van der Waals surface area contributed by atoms with Gasteiger partial charge in [0.25, 0.3) is 0 Å². The van der Waals surface area contributed by atoms with Gasteiger partial charge in [0.1, 0.15) is 11.5 Å². The number of rotatable bonds is 8. The molecule has 0 saturated carbocycles. The molecule has 0 amide bonds. The summed E-state index contributed by atoms with van der Waals surface area (Å²) in [6.07, 6.45) is 0. The molecule has 7 nitrogen and oxygen atoms in total. The molecular formula is C18H23F2IN4O3. The second-order valence-corrected chi connectivity index (χ2v) is 5.30. The molecule has 28 heavy (non-hydrogen) atoms. The molecule has 1 heterocycles. The normalized spacial score (nSPS) is 10.9. The van der Waals surface area contributed by atoms with Crippen LogP contribution in [0.15, 0.2) is 41.4 Å². The zero-order valence-electron chi connectivity index (χ0n) is 15.7. The number of ether oxygens (including phenoxy) is 3. The Hall–Kier alpha value is -2.37. The first-order valence-electron chi connectivity index (χ1n) is 8.12. The lowest BCUT2D eigenvalue weighted by Gasteiger charge is -2.15. The fourth-order valence-corrected chi connectivity index (χ4v) is 2.28. The second-order valence-electron chi connectivity index (χ2n) is 5.30. The van der Waals surface area contributed by atoms with Crippen molar-refractivity contribution in [3.8, 4) is 17.4 Å². The van der Waals surface area contributed by atoms with Gasteiger partial charge in [-0.2, -0.15) is 8.78 Å². The van der Waals surface area contributed by atoms with Crippen LogP contribution in [0, 0.1) is 0 Å². The lowest BCUT2D eigenvalue weighted by atomic mass is 10.2. The lowest BCUT2D eigenvalue weighted by Crippen LogP contribution is -2.36. The van der Waals surface area contributed by atoms with E-state index in [1.165, 1.54) is 13.2 Å². The summed E-state index contributed by atoms with van der Waals surface area (Å²) in [5.74, 6) is 1.60. The number of nitrogens with one attached hydrogen (secondary N) is 2. The Morgan fingerprint density at radius 2 is 1.86 bits per heavy atom. The third kappa shape index (κ3) is 7.33. The van der Waals surface area contributed by atoms with E-state index in [0.29, 0.717) is 29.7 Å². The second kappa shape index (κ2) is 12.2. The zero-order valence-corrected chi connectivity index (χ0v) is 18.1. The van der Waals surface area contributed by atoms with E-state index in [1.807, 2.05) is 12.1 Å². The summed E-state index contributed by atoms with van der Waals surface area (Å²) >= 11 is 0. The van der Waals surface area contributed by atoms with Crippen molar-refractivity contribution in [1.82, 2.24) is 15.6 Å². The van der Waals surface area contributed by atoms with E-state index in [2.05, 4.69) is 25.3 Å². The van der Waals surface area contributed by atoms with Gasteiger partial charge in [-0.05, 0) is 24.3 Å². The summed E-state index contributed by atoms with van der Waals surface area (Å²) in [7, 11) is 4.66. The van der Waals surface area contributed by atoms with Gasteiger partial charge in [0.05, 0.1) is 26.5 Å². The number of hydrogen-bond donors (Lipinski definition) is 2. The molecule has 0 bridgehead atoms. The molecule has 2 rings (SSSR count). The van der Waals surface area contributed by atoms with Gasteiger partial charge in [-0.25, -0.2) is 4.98 Å². The lowest BCUT2D eigenvalue weighted by molar-refractivity contribution is -0.0504. The summed E-state index contributed by atoms with van der Waals surface area (Å²) in [6, 6.07) is 10.1. The molecule has 1 aromatic carbocycles. The first-order chi connectivity index (χ1) is 13.0. The zero-order chi connectivity index (χ0) is 19.6. The standard InChI is InChI=1S/C18H22F2N4O3.HI/c1-21-18(23-11-13-5-4-6-16(24-13)26-3)22-10-12-9-14(25-2)7-8-15(12)27-17(19)20;/h4-9,17H,10-11H2,1-3H3,(H2,21,22,23);1H. The minimum atomic E-state index is -2.91. The Bertz CT molecular complexity index is 778. The number of nitrogens with zero attached hydrogens (tertiary/aromatic N) is 2. The minimum absolute atomic E-state index is 0. The maximum absolute atomic E-state index is 12.6. The number of benzene rings is 1. The molecule has 2 aromatic rings. The smallest absolute Gasteiger partial charge is 0.387 e. The predicted octanol–water partition coefficient (Wildman–Crippen LogP) is 3.18. The van der Waals surface area contributed by atoms with Crippen LogP contribution in [-0.4, -0.2) is 38.8 Å². The Labute approximate surface area is 179 Å². The Morgan fingerprint density at radius 1 is 1.11 bits per heavy atom. The number of pyridine rings is 1. The highest BCUT2D eigenvalue weighted by Crippen LogP contribution is 2.25. The van der Waals surface area contributed by atoms with Crippen molar-refractivity contribution in [1.29, 1.82) is 0 Å². The van der Waals surface area contributed by atoms with E-state index in [9.17, 15) is 8.78 Å². The Kier molecular flexibility index (Phi) is 10.3. The fraction of sp³-hybridized carbons (Fsp3) is 0.333. The molecule has 0 radical (unpaired) electrons. The van der Waals surface area contributed by atoms with Crippen molar-refractivity contribution in [2.24, 2.45) is 4.99 Å². The summed E-state index contributed by atoms with van der Waals surface area (Å²) in [5.41, 5.74) is 1.28. The number of guanidine groups is 1. The van der Waals surface area contributed by atoms with Gasteiger partial charge in [0, 0.05) is 25.2 Å². The van der Waals surface area contributed by atoms with Crippen LogP contribution < -0.4 is 24.8 Å². The van der Waals surface area contributed by atoms with Crippen LogP contribution in [0.25, 0.3) is 0 Å². The Balaban J connectivity index is 0.00000392. The molecule has 0 spiro atoms. The number of hydrogen-bond acceptors (Lipinski definition) is 5. The van der Waals surface area contributed by atoms with Crippen LogP contribution in [0.1, 0.15) is 11.3 Å². The third-order valence-corrected chi connectivity index (χ3v) is 3.58. The van der Waals surface area contributed by atoms with Crippen molar-refractivity contribution < 1.29 is 23.0 Å². The van der Waals surface area contributed by atoms with Crippen LogP contribution in [0.2, 0.25) is 0 Å². The first kappa shape index (κ1) is 23.7. The van der Waals surface area contributed by atoms with E-state index in [1.54, 1.807) is 32.4 Å². The maximum Gasteiger partial charge on any atom is 0.387 e. The quantitative estimate of drug-likeness (QED) is 0.324. The molecule has 0 aliphatic carbocycles. The van der Waals surface area contributed by atoms with Crippen LogP contribution in [-0.2, 0) is 13.1 Å². The molecule has 1 aromatic heterocycles. The van der Waals surface area contributed by atoms with Gasteiger partial charge in [0.15, 0.2) is 5.96 Å². The molecule has 0 saturated heterocycles. The van der Waals surface area contributed by atoms with Crippen molar-refractivity contribution in [3.63, 3.8) is 0 Å². The van der Waals surface area contributed by atoms with E-state index in [0.717, 1.165) is 5.69 Å². The summed E-state index contributed by atoms with van der Waals surface area (Å²) in [5, 5.41) is 6.15. The van der Waals surface area contributed by atoms with Gasteiger partial charge in [0.2, 0.25) is 5.88 Å². The average molecular weight is 508 g/mol. The third-order valence-electron chi connectivity index (χ3n) is 3.58. The summed E-state index contributed by atoms with van der Waals surface area (Å²) in [6.45, 7) is -2.28. The highest BCUT2D eigenvalue weighted by molar-refractivity contribution is 14.0. The number of alkyl halides is 2. The van der Waals surface area contributed by atoms with E-state index < -0.39 is 6.61 Å². The molecule has 154 valence electrons. The molecule has 10 heteroatoms. The Morgan fingerprint density at radius 3 is 2.50 bits per heavy atom. The summed E-state index contributed by atoms with van der Waals surface area (Å²) in [4.78, 5) is 8.41. The van der Waals surface area contributed by atoms with Crippen molar-refractivity contribution in [2.75, 3.05) is 21.3 Å². The van der Waals surface area contributed by atoms with E-state index in [4.69, 9.17) is 9.47 Å². The van der Waals surface area contributed by atoms with Crippen molar-refractivity contribution >= 4 is 29.9 Å². The maximum atomic E-state index is 12.6. The van der Waals surface area contributed by atoms with Crippen molar-refractivity contribution in [2.45, 2.75) is 19.7 Å². The number of methoxy groups -OCH3 is 2. The molecule has 0 unspecified atom stereocenters. The van der Waals surface area contributed by atoms with Gasteiger partial charge in [-0.15, -0.1) is 24.0 Å². The van der Waals surface area contributed by atoms with Crippen molar-refractivity contribution in [3.05, 3.63) is 47.7 Å². The van der Waals surface area contributed by atoms with Gasteiger partial charge < -0.3 is 24.8 Å². The molecule has 0 aliphatic rings. The largest absolute Gasteiger partial charge is 0.497 e. The highest BCUT2D eigenvalue weighted by Gasteiger charge is 2.11. The van der Waals surface area contributed by atoms with Crippen LogP contribution in [0.5, 0.6) is 17.4 Å². The molecular weight excluding hydrogens is 485 g/mol. The van der Waals surface area contributed by atoms with Gasteiger partial charge in [-0.3, -0.25) is 4.99 Å². The highest BCUT2D eigenvalue weighted by atomic mass is 127. The first-order valence-corrected chi connectivity index (χ1v) is 8.12. The van der Waals surface area contributed by atoms with E-state index >= 15 is 0 Å². The molecule has 2 N–H and O–H groups in total. The SMILES string of the molecule is CN=C(NCc1cccc(OC)n1)NCc1cc(OC)ccc1OC(F)F.I. The minimum Gasteiger partial charge on any atom is -0.497 e. The number of aromatic nitrogens is 1. The predicted molar refractivity (Wildman–Crippen MR) is 113 cm³/mol. The fourth-order valence-electron chi connectivity index (χ4n) is 2.28. The van der Waals surface area contributed by atoms with Gasteiger partial charge in [-0.1, -0.05) is 6.07 Å². The van der Waals surface area contributed by atoms with Crippen LogP contribution in [0.3, 0.4) is 0 Å². The topological polar surface area (TPSA) is 77.0 Å². The molecule has 0 aliphatic heterocycles. The monoisotopic (exact) mass is 508 g/mol. The summed E-state index contributed by atoms with van der Waals surface area (Å²) < 4.78 is 40.0. The van der Waals surface area contributed by atoms with Crippen LogP contribution in [0.4, 0.5) is 8.78 Å². The number of aliphatic imine (C=N–C) groups is 1.